The Bertz CT molecular complexity index is 305. The van der Waals surface area contributed by atoms with E-state index in [9.17, 15) is 4.39 Å². The fourth-order valence-corrected chi connectivity index (χ4v) is 1.60. The molecule has 1 aromatic rings. The van der Waals surface area contributed by atoms with Crippen LogP contribution in [0, 0.1) is 5.82 Å². The monoisotopic (exact) mass is 200 g/mol. The van der Waals surface area contributed by atoms with E-state index in [2.05, 4.69) is 0 Å². The molecule has 0 fully saturated rings. The van der Waals surface area contributed by atoms with E-state index in [1.807, 2.05) is 20.8 Å². The molecule has 0 amide bonds. The lowest BCUT2D eigenvalue weighted by Gasteiger charge is -2.10. The Kier molecular flexibility index (Phi) is 3.32. The molecule has 0 aliphatic heterocycles. The van der Waals surface area contributed by atoms with Crippen LogP contribution in [0.25, 0.3) is 0 Å². The molecule has 0 aliphatic carbocycles. The van der Waals surface area contributed by atoms with E-state index in [4.69, 9.17) is 11.6 Å². The minimum absolute atomic E-state index is 0.0955. The largest absolute Gasteiger partial charge is 0.206 e. The molecule has 2 heteroatoms. The highest BCUT2D eigenvalue weighted by molar-refractivity contribution is 6.30. The van der Waals surface area contributed by atoms with Crippen molar-refractivity contribution in [2.45, 2.75) is 33.1 Å². The Labute approximate surface area is 83.7 Å². The number of hydrogen-bond acceptors (Lipinski definition) is 0. The van der Waals surface area contributed by atoms with E-state index >= 15 is 0 Å². The van der Waals surface area contributed by atoms with E-state index in [1.165, 1.54) is 0 Å². The van der Waals surface area contributed by atoms with Crippen LogP contribution in [0.2, 0.25) is 5.02 Å². The molecule has 0 saturated heterocycles. The van der Waals surface area contributed by atoms with Gasteiger partial charge >= 0.3 is 0 Å². The summed E-state index contributed by atoms with van der Waals surface area (Å²) in [6.45, 7) is 5.86. The van der Waals surface area contributed by atoms with E-state index in [0.29, 0.717) is 22.6 Å². The lowest BCUT2D eigenvalue weighted by molar-refractivity contribution is 0.584. The third-order valence-corrected chi connectivity index (χ3v) is 2.36. The van der Waals surface area contributed by atoms with Crippen LogP contribution >= 0.6 is 11.6 Å². The Hall–Kier alpha value is -0.560. The fourth-order valence-electron chi connectivity index (χ4n) is 1.35. The second kappa shape index (κ2) is 4.10. The summed E-state index contributed by atoms with van der Waals surface area (Å²) in [6, 6.07) is 3.41. The minimum atomic E-state index is -0.0955. The molecule has 0 heterocycles. The molecule has 0 bridgehead atoms. The van der Waals surface area contributed by atoms with Gasteiger partial charge in [0.1, 0.15) is 5.82 Å². The van der Waals surface area contributed by atoms with Gasteiger partial charge < -0.3 is 0 Å². The number of hydrogen-bond donors (Lipinski definition) is 0. The molecule has 0 N–H and O–H groups in total. The fraction of sp³-hybridized carbons (Fsp3) is 0.455. The van der Waals surface area contributed by atoms with Gasteiger partial charge in [0, 0.05) is 5.02 Å². The lowest BCUT2D eigenvalue weighted by Crippen LogP contribution is -1.98. The summed E-state index contributed by atoms with van der Waals surface area (Å²) in [5, 5.41) is 0.627. The molecule has 0 atom stereocenters. The average Bonchev–Trinajstić information content (AvgIpc) is 2.08. The molecule has 1 rings (SSSR count). The maximum atomic E-state index is 13.6. The van der Waals surface area contributed by atoms with Crippen molar-refractivity contribution in [1.82, 2.24) is 0 Å². The first-order chi connectivity index (χ1) is 6.06. The minimum Gasteiger partial charge on any atom is -0.206 e. The Morgan fingerprint density at radius 3 is 2.46 bits per heavy atom. The quantitative estimate of drug-likeness (QED) is 0.673. The second-order valence-corrected chi connectivity index (χ2v) is 3.91. The van der Waals surface area contributed by atoms with Gasteiger partial charge in [0.05, 0.1) is 0 Å². The predicted molar refractivity (Wildman–Crippen MR) is 54.9 cm³/mol. The topological polar surface area (TPSA) is 0 Å². The first-order valence-electron chi connectivity index (χ1n) is 4.54. The van der Waals surface area contributed by atoms with Crippen LogP contribution in [0.15, 0.2) is 12.1 Å². The first kappa shape index (κ1) is 10.5. The number of benzene rings is 1. The maximum Gasteiger partial charge on any atom is 0.129 e. The molecular weight excluding hydrogens is 187 g/mol. The zero-order chi connectivity index (χ0) is 10.0. The second-order valence-electron chi connectivity index (χ2n) is 3.48. The third-order valence-electron chi connectivity index (χ3n) is 2.14. The van der Waals surface area contributed by atoms with Gasteiger partial charge in [0.15, 0.2) is 0 Å². The molecular formula is C11H14ClF. The Morgan fingerprint density at radius 1 is 1.38 bits per heavy atom. The summed E-state index contributed by atoms with van der Waals surface area (Å²) in [5.41, 5.74) is 1.42. The van der Waals surface area contributed by atoms with Crippen LogP contribution in [-0.4, -0.2) is 0 Å². The normalized spacial score (nSPS) is 10.9. The molecule has 0 aromatic heterocycles. The van der Waals surface area contributed by atoms with Gasteiger partial charge in [-0.2, -0.15) is 0 Å². The highest BCUT2D eigenvalue weighted by Gasteiger charge is 2.11. The van der Waals surface area contributed by atoms with Gasteiger partial charge in [-0.15, -0.1) is 0 Å². The van der Waals surface area contributed by atoms with Crippen molar-refractivity contribution >= 4 is 11.6 Å². The van der Waals surface area contributed by atoms with E-state index < -0.39 is 0 Å². The summed E-state index contributed by atoms with van der Waals surface area (Å²) >= 11 is 5.88. The van der Waals surface area contributed by atoms with Crippen molar-refractivity contribution < 1.29 is 4.39 Å². The van der Waals surface area contributed by atoms with E-state index in [1.54, 1.807) is 12.1 Å². The zero-order valence-electron chi connectivity index (χ0n) is 8.20. The molecule has 0 nitrogen and oxygen atoms in total. The number of halogens is 2. The Balaban J connectivity index is 3.27. The van der Waals surface area contributed by atoms with Crippen LogP contribution in [0.1, 0.15) is 37.8 Å². The standard InChI is InChI=1S/C11H14ClF/c1-4-8-5-9(12)6-10(7(2)3)11(8)13/h5-7H,4H2,1-3H3. The van der Waals surface area contributed by atoms with Gasteiger partial charge in [-0.1, -0.05) is 32.4 Å². The van der Waals surface area contributed by atoms with E-state index in [0.717, 1.165) is 0 Å². The summed E-state index contributed by atoms with van der Waals surface area (Å²) in [4.78, 5) is 0. The molecule has 0 radical (unpaired) electrons. The van der Waals surface area contributed by atoms with Crippen LogP contribution in [0.3, 0.4) is 0 Å². The van der Waals surface area contributed by atoms with Crippen LogP contribution in [0.4, 0.5) is 4.39 Å². The molecule has 0 saturated carbocycles. The Morgan fingerprint density at radius 2 is 2.00 bits per heavy atom. The smallest absolute Gasteiger partial charge is 0.129 e. The number of rotatable bonds is 2. The summed E-state index contributed by atoms with van der Waals surface area (Å²) < 4.78 is 13.6. The predicted octanol–water partition coefficient (Wildman–Crippen LogP) is 4.16. The summed E-state index contributed by atoms with van der Waals surface area (Å²) in [5.74, 6) is 0.0888. The lowest BCUT2D eigenvalue weighted by atomic mass is 9.99. The van der Waals surface area contributed by atoms with Crippen molar-refractivity contribution in [3.05, 3.63) is 34.1 Å². The van der Waals surface area contributed by atoms with Gasteiger partial charge in [0.2, 0.25) is 0 Å². The highest BCUT2D eigenvalue weighted by atomic mass is 35.5. The summed E-state index contributed by atoms with van der Waals surface area (Å²) in [6.07, 6.45) is 0.687. The SMILES string of the molecule is CCc1cc(Cl)cc(C(C)C)c1F. The molecule has 72 valence electrons. The van der Waals surface area contributed by atoms with Crippen LogP contribution < -0.4 is 0 Å². The van der Waals surface area contributed by atoms with Gasteiger partial charge in [-0.05, 0) is 35.6 Å². The van der Waals surface area contributed by atoms with Gasteiger partial charge in [-0.25, -0.2) is 4.39 Å². The van der Waals surface area contributed by atoms with Gasteiger partial charge in [0.25, 0.3) is 0 Å². The van der Waals surface area contributed by atoms with Crippen molar-refractivity contribution in [3.8, 4) is 0 Å². The van der Waals surface area contributed by atoms with Crippen molar-refractivity contribution in [2.24, 2.45) is 0 Å². The highest BCUT2D eigenvalue weighted by Crippen LogP contribution is 2.25. The molecule has 0 spiro atoms. The van der Waals surface area contributed by atoms with Crippen molar-refractivity contribution in [3.63, 3.8) is 0 Å². The zero-order valence-corrected chi connectivity index (χ0v) is 8.95. The molecule has 0 aliphatic rings. The van der Waals surface area contributed by atoms with Crippen LogP contribution in [0.5, 0.6) is 0 Å². The van der Waals surface area contributed by atoms with E-state index in [-0.39, 0.29) is 11.7 Å². The maximum absolute atomic E-state index is 13.6. The number of aryl methyl sites for hydroxylation is 1. The third kappa shape index (κ3) is 2.22. The first-order valence-corrected chi connectivity index (χ1v) is 4.91. The molecule has 1 aromatic carbocycles. The van der Waals surface area contributed by atoms with Crippen molar-refractivity contribution in [1.29, 1.82) is 0 Å². The summed E-state index contributed by atoms with van der Waals surface area (Å²) in [7, 11) is 0. The molecule has 13 heavy (non-hydrogen) atoms. The van der Waals surface area contributed by atoms with Gasteiger partial charge in [-0.3, -0.25) is 0 Å². The molecule has 0 unspecified atom stereocenters. The average molecular weight is 201 g/mol. The van der Waals surface area contributed by atoms with Crippen LogP contribution in [-0.2, 0) is 6.42 Å². The van der Waals surface area contributed by atoms with Crippen molar-refractivity contribution in [2.75, 3.05) is 0 Å².